The van der Waals surface area contributed by atoms with Crippen molar-refractivity contribution < 1.29 is 14.3 Å². The van der Waals surface area contributed by atoms with Crippen molar-refractivity contribution in [3.05, 3.63) is 66.5 Å². The van der Waals surface area contributed by atoms with Crippen molar-refractivity contribution in [2.24, 2.45) is 0 Å². The smallest absolute Gasteiger partial charge is 0.339 e. The zero-order valence-electron chi connectivity index (χ0n) is 14.9. The summed E-state index contributed by atoms with van der Waals surface area (Å²) in [5.41, 5.74) is 1.76. The lowest BCUT2D eigenvalue weighted by Crippen LogP contribution is -2.29. The monoisotopic (exact) mass is 382 g/mol. The minimum atomic E-state index is -0.485. The number of hydrogen-bond donors (Lipinski definition) is 0. The topological polar surface area (TPSA) is 77.3 Å². The highest BCUT2D eigenvalue weighted by Gasteiger charge is 2.19. The number of anilines is 1. The van der Waals surface area contributed by atoms with Gasteiger partial charge in [-0.2, -0.15) is 0 Å². The Labute approximate surface area is 161 Å². The molecule has 0 aliphatic carbocycles. The minimum Gasteiger partial charge on any atom is -0.465 e. The molecular weight excluding hydrogens is 364 g/mol. The first kappa shape index (κ1) is 18.7. The van der Waals surface area contributed by atoms with Crippen LogP contribution in [0.3, 0.4) is 0 Å². The number of esters is 1. The fourth-order valence-corrected chi connectivity index (χ4v) is 3.34. The standard InChI is InChI=1S/C19H18N4O3S/c1-22(16-11-7-6-10-15(16)18(25)26-2)17(24)12-27-19-21-20-13-23(19)14-8-4-3-5-9-14/h3-11,13H,12H2,1-2H3. The number of carbonyl (C=O) groups excluding carboxylic acids is 2. The van der Waals surface area contributed by atoms with E-state index in [1.807, 2.05) is 34.9 Å². The van der Waals surface area contributed by atoms with Gasteiger partial charge in [-0.3, -0.25) is 9.36 Å². The van der Waals surface area contributed by atoms with E-state index >= 15 is 0 Å². The fraction of sp³-hybridized carbons (Fsp3) is 0.158. The SMILES string of the molecule is COC(=O)c1ccccc1N(C)C(=O)CSc1nncn1-c1ccccc1. The zero-order valence-corrected chi connectivity index (χ0v) is 15.7. The minimum absolute atomic E-state index is 0.150. The van der Waals surface area contributed by atoms with E-state index in [1.54, 1.807) is 37.6 Å². The molecule has 0 aliphatic heterocycles. The van der Waals surface area contributed by atoms with E-state index in [0.717, 1.165) is 5.69 Å². The van der Waals surface area contributed by atoms with Crippen LogP contribution in [0.4, 0.5) is 5.69 Å². The number of ether oxygens (including phenoxy) is 1. The summed E-state index contributed by atoms with van der Waals surface area (Å²) in [6, 6.07) is 16.5. The predicted molar refractivity (Wildman–Crippen MR) is 103 cm³/mol. The largest absolute Gasteiger partial charge is 0.465 e. The van der Waals surface area contributed by atoms with E-state index in [2.05, 4.69) is 10.2 Å². The van der Waals surface area contributed by atoms with Gasteiger partial charge in [0, 0.05) is 12.7 Å². The number of benzene rings is 2. The van der Waals surface area contributed by atoms with Crippen molar-refractivity contribution in [3.63, 3.8) is 0 Å². The van der Waals surface area contributed by atoms with Crippen LogP contribution in [-0.2, 0) is 9.53 Å². The Hall–Kier alpha value is -3.13. The Morgan fingerprint density at radius 2 is 1.81 bits per heavy atom. The highest BCUT2D eigenvalue weighted by atomic mass is 32.2. The summed E-state index contributed by atoms with van der Waals surface area (Å²) in [6.07, 6.45) is 1.61. The lowest BCUT2D eigenvalue weighted by atomic mass is 10.1. The average Bonchev–Trinajstić information content (AvgIpc) is 3.20. The second-order valence-corrected chi connectivity index (χ2v) is 6.51. The van der Waals surface area contributed by atoms with Gasteiger partial charge in [-0.1, -0.05) is 42.1 Å². The van der Waals surface area contributed by atoms with E-state index in [4.69, 9.17) is 4.74 Å². The molecule has 0 saturated heterocycles. The van der Waals surface area contributed by atoms with Gasteiger partial charge in [0.15, 0.2) is 5.16 Å². The van der Waals surface area contributed by atoms with Gasteiger partial charge in [0.05, 0.1) is 24.1 Å². The number of amides is 1. The number of methoxy groups -OCH3 is 1. The number of aromatic nitrogens is 3. The second kappa shape index (κ2) is 8.50. The van der Waals surface area contributed by atoms with Crippen LogP contribution in [0.15, 0.2) is 66.1 Å². The normalized spacial score (nSPS) is 10.4. The van der Waals surface area contributed by atoms with E-state index < -0.39 is 5.97 Å². The maximum absolute atomic E-state index is 12.6. The van der Waals surface area contributed by atoms with Gasteiger partial charge in [0.25, 0.3) is 0 Å². The van der Waals surface area contributed by atoms with Gasteiger partial charge in [-0.15, -0.1) is 10.2 Å². The molecule has 0 saturated carbocycles. The van der Waals surface area contributed by atoms with Crippen molar-refractivity contribution >= 4 is 29.3 Å². The molecule has 0 bridgehead atoms. The molecule has 0 radical (unpaired) electrons. The third-order valence-corrected chi connectivity index (χ3v) is 4.85. The molecule has 0 atom stereocenters. The van der Waals surface area contributed by atoms with E-state index in [0.29, 0.717) is 16.4 Å². The third kappa shape index (κ3) is 4.17. The van der Waals surface area contributed by atoms with Crippen LogP contribution in [0.1, 0.15) is 10.4 Å². The molecule has 7 nitrogen and oxygen atoms in total. The second-order valence-electron chi connectivity index (χ2n) is 5.57. The quantitative estimate of drug-likeness (QED) is 0.482. The molecule has 0 N–H and O–H groups in total. The predicted octanol–water partition coefficient (Wildman–Crippen LogP) is 2.81. The van der Waals surface area contributed by atoms with E-state index in [9.17, 15) is 9.59 Å². The van der Waals surface area contributed by atoms with Crippen LogP contribution in [-0.4, -0.2) is 46.6 Å². The number of nitrogens with zero attached hydrogens (tertiary/aromatic N) is 4. The Morgan fingerprint density at radius 3 is 2.56 bits per heavy atom. The highest BCUT2D eigenvalue weighted by molar-refractivity contribution is 7.99. The molecular formula is C19H18N4O3S. The molecule has 3 aromatic rings. The maximum Gasteiger partial charge on any atom is 0.339 e. The summed E-state index contributed by atoms with van der Waals surface area (Å²) in [5.74, 6) is -0.502. The van der Waals surface area contributed by atoms with Crippen molar-refractivity contribution in [2.45, 2.75) is 5.16 Å². The summed E-state index contributed by atoms with van der Waals surface area (Å²) in [4.78, 5) is 26.0. The number of carbonyl (C=O) groups is 2. The molecule has 3 rings (SSSR count). The summed E-state index contributed by atoms with van der Waals surface area (Å²) >= 11 is 1.28. The van der Waals surface area contributed by atoms with Gasteiger partial charge >= 0.3 is 5.97 Å². The van der Waals surface area contributed by atoms with Gasteiger partial charge < -0.3 is 9.64 Å². The molecule has 27 heavy (non-hydrogen) atoms. The molecule has 138 valence electrons. The van der Waals surface area contributed by atoms with Crippen LogP contribution in [0.25, 0.3) is 5.69 Å². The molecule has 8 heteroatoms. The van der Waals surface area contributed by atoms with E-state index in [-0.39, 0.29) is 11.7 Å². The van der Waals surface area contributed by atoms with Crippen LogP contribution >= 0.6 is 11.8 Å². The third-order valence-electron chi connectivity index (χ3n) is 3.92. The number of thioether (sulfide) groups is 1. The summed E-state index contributed by atoms with van der Waals surface area (Å²) < 4.78 is 6.61. The Kier molecular flexibility index (Phi) is 5.87. The Morgan fingerprint density at radius 1 is 1.11 bits per heavy atom. The van der Waals surface area contributed by atoms with Crippen LogP contribution in [0.5, 0.6) is 0 Å². The van der Waals surface area contributed by atoms with Gasteiger partial charge in [-0.05, 0) is 24.3 Å². The van der Waals surface area contributed by atoms with Gasteiger partial charge in [-0.25, -0.2) is 4.79 Å². The molecule has 0 aliphatic rings. The number of rotatable bonds is 6. The average molecular weight is 382 g/mol. The van der Waals surface area contributed by atoms with Crippen molar-refractivity contribution in [3.8, 4) is 5.69 Å². The molecule has 0 unspecified atom stereocenters. The Balaban J connectivity index is 1.73. The maximum atomic E-state index is 12.6. The van der Waals surface area contributed by atoms with Crippen molar-refractivity contribution in [1.29, 1.82) is 0 Å². The van der Waals surface area contributed by atoms with Crippen molar-refractivity contribution in [2.75, 3.05) is 24.8 Å². The van der Waals surface area contributed by atoms with Gasteiger partial charge in [0.1, 0.15) is 6.33 Å². The van der Waals surface area contributed by atoms with Crippen LogP contribution in [0.2, 0.25) is 0 Å². The Bertz CT molecular complexity index is 943. The zero-order chi connectivity index (χ0) is 19.2. The molecule has 1 heterocycles. The molecule has 0 spiro atoms. The summed E-state index contributed by atoms with van der Waals surface area (Å²) in [7, 11) is 2.94. The summed E-state index contributed by atoms with van der Waals surface area (Å²) in [6.45, 7) is 0. The lowest BCUT2D eigenvalue weighted by Gasteiger charge is -2.19. The molecule has 1 amide bonds. The number of hydrogen-bond acceptors (Lipinski definition) is 6. The number of para-hydroxylation sites is 2. The van der Waals surface area contributed by atoms with Crippen LogP contribution in [0, 0.1) is 0 Å². The van der Waals surface area contributed by atoms with Gasteiger partial charge in [0.2, 0.25) is 5.91 Å². The first-order valence-corrected chi connectivity index (χ1v) is 9.12. The molecule has 1 aromatic heterocycles. The fourth-order valence-electron chi connectivity index (χ4n) is 2.49. The first-order valence-electron chi connectivity index (χ1n) is 8.14. The first-order chi connectivity index (χ1) is 13.1. The van der Waals surface area contributed by atoms with Crippen LogP contribution < -0.4 is 4.90 Å². The van der Waals surface area contributed by atoms with E-state index in [1.165, 1.54) is 23.8 Å². The highest BCUT2D eigenvalue weighted by Crippen LogP contribution is 2.23. The molecule has 2 aromatic carbocycles. The van der Waals surface area contributed by atoms with Crippen molar-refractivity contribution in [1.82, 2.24) is 14.8 Å². The summed E-state index contributed by atoms with van der Waals surface area (Å²) in [5, 5.41) is 8.64. The molecule has 0 fully saturated rings. The lowest BCUT2D eigenvalue weighted by molar-refractivity contribution is -0.115.